The number of rotatable bonds is 6. The highest BCUT2D eigenvalue weighted by atomic mass is 16.7. The molecule has 3 heterocycles. The van der Waals surface area contributed by atoms with Crippen LogP contribution < -0.4 is 9.30 Å². The van der Waals surface area contributed by atoms with Crippen molar-refractivity contribution in [3.63, 3.8) is 0 Å². The highest BCUT2D eigenvalue weighted by Crippen LogP contribution is 2.63. The fourth-order valence-electron chi connectivity index (χ4n) is 5.40. The highest BCUT2D eigenvalue weighted by Gasteiger charge is 2.71. The lowest BCUT2D eigenvalue weighted by atomic mass is 9.57. The number of ether oxygens (including phenoxy) is 3. The number of benzene rings is 1. The Kier molecular flexibility index (Phi) is 4.75. The van der Waals surface area contributed by atoms with Crippen LogP contribution >= 0.6 is 0 Å². The molecular formula is C24H32NO3+. The van der Waals surface area contributed by atoms with Gasteiger partial charge in [-0.15, -0.1) is 0 Å². The predicted octanol–water partition coefficient (Wildman–Crippen LogP) is 4.61. The van der Waals surface area contributed by atoms with E-state index in [1.54, 1.807) is 0 Å². The minimum Gasteiger partial charge on any atom is -0.491 e. The van der Waals surface area contributed by atoms with Crippen molar-refractivity contribution in [3.05, 3.63) is 59.4 Å². The van der Waals surface area contributed by atoms with Crippen LogP contribution in [0, 0.1) is 5.41 Å². The largest absolute Gasteiger partial charge is 0.491 e. The number of hydrogen-bond acceptors (Lipinski definition) is 3. The second kappa shape index (κ2) is 6.85. The maximum absolute atomic E-state index is 6.54. The molecule has 3 aliphatic rings. The molecule has 28 heavy (non-hydrogen) atoms. The Morgan fingerprint density at radius 2 is 1.71 bits per heavy atom. The molecule has 1 aromatic carbocycles. The minimum atomic E-state index is -0.744. The molecule has 0 saturated carbocycles. The fourth-order valence-corrected chi connectivity index (χ4v) is 5.40. The summed E-state index contributed by atoms with van der Waals surface area (Å²) in [5, 5.41) is 0. The zero-order valence-electron chi connectivity index (χ0n) is 17.9. The molecule has 1 aliphatic carbocycles. The summed E-state index contributed by atoms with van der Waals surface area (Å²) in [6.07, 6.45) is 2.30. The van der Waals surface area contributed by atoms with Gasteiger partial charge in [-0.2, -0.15) is 4.57 Å². The van der Waals surface area contributed by atoms with E-state index >= 15 is 0 Å². The SMILES string of the molecule is CCOC1(OCC)[C@H]2c3c(OC(C)C)cccc3[C@H]([n+]3ccccc32)C1(C)C. The van der Waals surface area contributed by atoms with Gasteiger partial charge in [0.2, 0.25) is 0 Å². The van der Waals surface area contributed by atoms with Crippen LogP contribution in [0.15, 0.2) is 42.6 Å². The number of fused-ring (bicyclic) bond motifs is 1. The van der Waals surface area contributed by atoms with Crippen molar-refractivity contribution in [2.75, 3.05) is 13.2 Å². The molecule has 0 fully saturated rings. The van der Waals surface area contributed by atoms with Crippen LogP contribution in [-0.4, -0.2) is 25.1 Å². The fraction of sp³-hybridized carbons (Fsp3) is 0.542. The molecule has 0 unspecified atom stereocenters. The monoisotopic (exact) mass is 382 g/mol. The molecule has 2 aromatic rings. The van der Waals surface area contributed by atoms with E-state index in [-0.39, 0.29) is 23.5 Å². The summed E-state index contributed by atoms with van der Waals surface area (Å²) in [5.74, 6) is 0.141. The van der Waals surface area contributed by atoms with E-state index in [1.165, 1.54) is 16.8 Å². The van der Waals surface area contributed by atoms with Crippen LogP contribution in [0.5, 0.6) is 5.75 Å². The zero-order chi connectivity index (χ0) is 20.1. The third-order valence-corrected chi connectivity index (χ3v) is 6.22. The van der Waals surface area contributed by atoms with Crippen molar-refractivity contribution in [1.82, 2.24) is 0 Å². The van der Waals surface area contributed by atoms with Crippen molar-refractivity contribution >= 4 is 0 Å². The lowest BCUT2D eigenvalue weighted by molar-refractivity contribution is -0.755. The van der Waals surface area contributed by atoms with Gasteiger partial charge in [-0.25, -0.2) is 0 Å². The standard InChI is InChI=1S/C24H32NO3/c1-7-26-24(27-8-2)21-18-13-9-10-15-25(18)22(23(24,5)6)17-12-11-14-19(20(17)21)28-16(3)4/h9-16,21-22H,7-8H2,1-6H3/q+1/t21-,22+/m1/s1. The second-order valence-electron chi connectivity index (χ2n) is 8.55. The van der Waals surface area contributed by atoms with E-state index in [4.69, 9.17) is 14.2 Å². The van der Waals surface area contributed by atoms with Crippen molar-refractivity contribution in [2.45, 2.75) is 65.4 Å². The molecule has 0 amide bonds. The van der Waals surface area contributed by atoms with Crippen LogP contribution in [0.2, 0.25) is 0 Å². The van der Waals surface area contributed by atoms with Crippen molar-refractivity contribution in [2.24, 2.45) is 5.41 Å². The predicted molar refractivity (Wildman–Crippen MR) is 109 cm³/mol. The first-order chi connectivity index (χ1) is 13.4. The van der Waals surface area contributed by atoms with Crippen molar-refractivity contribution in [3.8, 4) is 5.75 Å². The molecular weight excluding hydrogens is 350 g/mol. The maximum Gasteiger partial charge on any atom is 0.197 e. The number of hydrogen-bond donors (Lipinski definition) is 0. The first kappa shape index (κ1) is 19.4. The normalized spacial score (nSPS) is 23.4. The Hall–Kier alpha value is -1.91. The van der Waals surface area contributed by atoms with Crippen LogP contribution in [0.25, 0.3) is 0 Å². The summed E-state index contributed by atoms with van der Waals surface area (Å²) in [6.45, 7) is 14.0. The average Bonchev–Trinajstić information content (AvgIpc) is 2.64. The van der Waals surface area contributed by atoms with Gasteiger partial charge in [-0.1, -0.05) is 18.2 Å². The van der Waals surface area contributed by atoms with Crippen LogP contribution in [0.3, 0.4) is 0 Å². The second-order valence-corrected chi connectivity index (χ2v) is 8.55. The molecule has 0 radical (unpaired) electrons. The molecule has 0 spiro atoms. The lowest BCUT2D eigenvalue weighted by Crippen LogP contribution is -2.71. The van der Waals surface area contributed by atoms with Gasteiger partial charge in [0.05, 0.1) is 11.5 Å². The van der Waals surface area contributed by atoms with Gasteiger partial charge in [0, 0.05) is 36.5 Å². The summed E-state index contributed by atoms with van der Waals surface area (Å²) in [6, 6.07) is 13.0. The molecule has 5 rings (SSSR count). The Balaban J connectivity index is 2.06. The average molecular weight is 383 g/mol. The topological polar surface area (TPSA) is 31.6 Å². The first-order valence-corrected chi connectivity index (χ1v) is 10.5. The van der Waals surface area contributed by atoms with Crippen LogP contribution in [0.1, 0.15) is 70.3 Å². The van der Waals surface area contributed by atoms with E-state index in [0.29, 0.717) is 13.2 Å². The van der Waals surface area contributed by atoms with E-state index in [2.05, 4.69) is 88.7 Å². The van der Waals surface area contributed by atoms with Crippen LogP contribution in [-0.2, 0) is 9.47 Å². The summed E-state index contributed by atoms with van der Waals surface area (Å²) in [4.78, 5) is 0. The van der Waals surface area contributed by atoms with Gasteiger partial charge in [0.1, 0.15) is 11.7 Å². The van der Waals surface area contributed by atoms with Gasteiger partial charge < -0.3 is 14.2 Å². The Morgan fingerprint density at radius 3 is 2.36 bits per heavy atom. The number of pyridine rings is 1. The van der Waals surface area contributed by atoms with Gasteiger partial charge >= 0.3 is 0 Å². The Morgan fingerprint density at radius 1 is 1.00 bits per heavy atom. The third kappa shape index (κ3) is 2.47. The molecule has 1 aromatic heterocycles. The van der Waals surface area contributed by atoms with E-state index in [0.717, 1.165) is 5.75 Å². The van der Waals surface area contributed by atoms with Gasteiger partial charge in [-0.05, 0) is 47.6 Å². The van der Waals surface area contributed by atoms with Crippen molar-refractivity contribution < 1.29 is 18.8 Å². The Bertz CT molecular complexity index is 868. The molecule has 4 nitrogen and oxygen atoms in total. The molecule has 0 N–H and O–H groups in total. The van der Waals surface area contributed by atoms with Gasteiger partial charge in [0.25, 0.3) is 0 Å². The maximum atomic E-state index is 6.54. The van der Waals surface area contributed by atoms with Crippen molar-refractivity contribution in [1.29, 1.82) is 0 Å². The highest BCUT2D eigenvalue weighted by molar-refractivity contribution is 5.53. The molecule has 4 heteroatoms. The third-order valence-electron chi connectivity index (χ3n) is 6.22. The van der Waals surface area contributed by atoms with E-state index < -0.39 is 5.79 Å². The molecule has 2 bridgehead atoms. The first-order valence-electron chi connectivity index (χ1n) is 10.5. The zero-order valence-corrected chi connectivity index (χ0v) is 17.9. The molecule has 2 aliphatic heterocycles. The quantitative estimate of drug-likeness (QED) is 0.540. The summed E-state index contributed by atoms with van der Waals surface area (Å²) in [5.41, 5.74) is 3.49. The molecule has 0 saturated heterocycles. The Labute approximate surface area is 168 Å². The molecule has 2 atom stereocenters. The summed E-state index contributed by atoms with van der Waals surface area (Å²) in [7, 11) is 0. The van der Waals surface area contributed by atoms with E-state index in [1.807, 2.05) is 0 Å². The number of aromatic nitrogens is 1. The molecule has 150 valence electrons. The summed E-state index contributed by atoms with van der Waals surface area (Å²) < 4.78 is 21.8. The van der Waals surface area contributed by atoms with Crippen LogP contribution in [0.4, 0.5) is 0 Å². The van der Waals surface area contributed by atoms with E-state index in [9.17, 15) is 0 Å². The smallest absolute Gasteiger partial charge is 0.197 e. The lowest BCUT2D eigenvalue weighted by Gasteiger charge is -2.57. The van der Waals surface area contributed by atoms with Gasteiger partial charge in [-0.3, -0.25) is 0 Å². The summed E-state index contributed by atoms with van der Waals surface area (Å²) >= 11 is 0. The number of nitrogens with zero attached hydrogens (tertiary/aromatic N) is 1. The van der Waals surface area contributed by atoms with Gasteiger partial charge in [0.15, 0.2) is 23.7 Å². The minimum absolute atomic E-state index is 0.0569.